The van der Waals surface area contributed by atoms with Gasteiger partial charge in [0.2, 0.25) is 6.17 Å². The van der Waals surface area contributed by atoms with Crippen molar-refractivity contribution in [3.63, 3.8) is 0 Å². The number of alkyl halides is 1. The molecule has 1 aromatic rings. The Kier molecular flexibility index (Phi) is 2.37. The molecule has 0 aliphatic carbocycles. The Balaban J connectivity index is 2.43. The van der Waals surface area contributed by atoms with E-state index in [0.717, 1.165) is 5.56 Å². The third-order valence-electron chi connectivity index (χ3n) is 2.83. The molecule has 2 rings (SSSR count). The van der Waals surface area contributed by atoms with Crippen LogP contribution >= 0.6 is 0 Å². The topological polar surface area (TPSA) is 46.5 Å². The number of hydrogen-bond acceptors (Lipinski definition) is 2. The summed E-state index contributed by atoms with van der Waals surface area (Å²) in [6.45, 7) is 4.50. The zero-order chi connectivity index (χ0) is 11.9. The molecule has 1 heterocycles. The van der Waals surface area contributed by atoms with Crippen LogP contribution in [0.2, 0.25) is 0 Å². The Morgan fingerprint density at radius 2 is 2.25 bits per heavy atom. The molecule has 0 radical (unpaired) electrons. The van der Waals surface area contributed by atoms with E-state index < -0.39 is 12.1 Å². The number of benzene rings is 1. The number of hydrogen-bond donors (Lipinski definition) is 1. The first kappa shape index (κ1) is 10.9. The highest BCUT2D eigenvalue weighted by Gasteiger charge is 2.33. The van der Waals surface area contributed by atoms with Crippen molar-refractivity contribution in [2.24, 2.45) is 0 Å². The molecule has 0 saturated carbocycles. The van der Waals surface area contributed by atoms with Crippen LogP contribution < -0.4 is 4.74 Å². The standard InChI is InChI=1S/C12H13FO3/c1-12(2)6-16-9-4-3-7(5-8(9)12)10(13)11(14)15/h3-5,10H,6H2,1-2H3,(H,14,15). The Labute approximate surface area is 92.9 Å². The summed E-state index contributed by atoms with van der Waals surface area (Å²) in [6.07, 6.45) is -1.97. The Morgan fingerprint density at radius 3 is 2.88 bits per heavy atom. The number of carbonyl (C=O) groups is 1. The van der Waals surface area contributed by atoms with Crippen LogP contribution in [-0.4, -0.2) is 17.7 Å². The number of fused-ring (bicyclic) bond motifs is 1. The fourth-order valence-electron chi connectivity index (χ4n) is 1.84. The first-order chi connectivity index (χ1) is 7.42. The highest BCUT2D eigenvalue weighted by Crippen LogP contribution is 2.39. The normalized spacial score (nSPS) is 18.7. The second-order valence-electron chi connectivity index (χ2n) is 4.63. The molecular weight excluding hydrogens is 211 g/mol. The molecule has 0 fully saturated rings. The van der Waals surface area contributed by atoms with Gasteiger partial charge in [-0.15, -0.1) is 0 Å². The summed E-state index contributed by atoms with van der Waals surface area (Å²) in [5.41, 5.74) is 0.850. The fourth-order valence-corrected chi connectivity index (χ4v) is 1.84. The van der Waals surface area contributed by atoms with Gasteiger partial charge in [-0.1, -0.05) is 19.9 Å². The lowest BCUT2D eigenvalue weighted by molar-refractivity contribution is -0.143. The van der Waals surface area contributed by atoms with Crippen molar-refractivity contribution in [1.82, 2.24) is 0 Å². The monoisotopic (exact) mass is 224 g/mol. The van der Waals surface area contributed by atoms with Gasteiger partial charge in [-0.25, -0.2) is 9.18 Å². The molecule has 86 valence electrons. The van der Waals surface area contributed by atoms with Crippen LogP contribution in [0.3, 0.4) is 0 Å². The van der Waals surface area contributed by atoms with Crippen molar-refractivity contribution >= 4 is 5.97 Å². The second kappa shape index (κ2) is 3.47. The number of carboxylic acids is 1. The van der Waals surface area contributed by atoms with E-state index in [1.165, 1.54) is 6.07 Å². The summed E-state index contributed by atoms with van der Waals surface area (Å²) in [5.74, 6) is -0.747. The van der Waals surface area contributed by atoms with Crippen molar-refractivity contribution in [1.29, 1.82) is 0 Å². The maximum atomic E-state index is 13.3. The van der Waals surface area contributed by atoms with E-state index >= 15 is 0 Å². The van der Waals surface area contributed by atoms with Crippen molar-refractivity contribution in [2.75, 3.05) is 6.61 Å². The van der Waals surface area contributed by atoms with Crippen LogP contribution in [0.15, 0.2) is 18.2 Å². The van der Waals surface area contributed by atoms with E-state index in [1.807, 2.05) is 13.8 Å². The van der Waals surface area contributed by atoms with Crippen molar-refractivity contribution in [3.05, 3.63) is 29.3 Å². The Hall–Kier alpha value is -1.58. The minimum Gasteiger partial charge on any atom is -0.492 e. The molecule has 0 saturated heterocycles. The number of carboxylic acid groups (broad SMARTS) is 1. The minimum absolute atomic E-state index is 0.171. The quantitative estimate of drug-likeness (QED) is 0.839. The summed E-state index contributed by atoms with van der Waals surface area (Å²) in [4.78, 5) is 10.6. The maximum absolute atomic E-state index is 13.3. The first-order valence-corrected chi connectivity index (χ1v) is 5.06. The molecule has 1 aliphatic heterocycles. The number of ether oxygens (including phenoxy) is 1. The molecule has 4 heteroatoms. The molecular formula is C12H13FO3. The SMILES string of the molecule is CC1(C)COc2ccc(C(F)C(=O)O)cc21. The molecule has 0 spiro atoms. The molecule has 1 unspecified atom stereocenters. The van der Waals surface area contributed by atoms with Crippen molar-refractivity contribution < 1.29 is 19.0 Å². The lowest BCUT2D eigenvalue weighted by Gasteiger charge is -2.16. The van der Waals surface area contributed by atoms with Gasteiger partial charge < -0.3 is 9.84 Å². The van der Waals surface area contributed by atoms with Gasteiger partial charge in [0.15, 0.2) is 0 Å². The average Bonchev–Trinajstić information content (AvgIpc) is 2.53. The predicted molar refractivity (Wildman–Crippen MR) is 56.4 cm³/mol. The zero-order valence-electron chi connectivity index (χ0n) is 9.16. The predicted octanol–water partition coefficient (Wildman–Crippen LogP) is 2.45. The van der Waals surface area contributed by atoms with Crippen LogP contribution in [-0.2, 0) is 10.2 Å². The third-order valence-corrected chi connectivity index (χ3v) is 2.83. The van der Waals surface area contributed by atoms with E-state index in [-0.39, 0.29) is 11.0 Å². The summed E-state index contributed by atoms with van der Waals surface area (Å²) in [7, 11) is 0. The third kappa shape index (κ3) is 1.64. The molecule has 1 N–H and O–H groups in total. The molecule has 0 amide bonds. The highest BCUT2D eigenvalue weighted by molar-refractivity contribution is 5.74. The minimum atomic E-state index is -1.97. The van der Waals surface area contributed by atoms with Crippen molar-refractivity contribution in [3.8, 4) is 5.75 Å². The largest absolute Gasteiger partial charge is 0.492 e. The van der Waals surface area contributed by atoms with Gasteiger partial charge in [-0.05, 0) is 17.7 Å². The van der Waals surface area contributed by atoms with Crippen LogP contribution in [0.4, 0.5) is 4.39 Å². The summed E-state index contributed by atoms with van der Waals surface area (Å²) < 4.78 is 18.8. The van der Waals surface area contributed by atoms with Crippen molar-refractivity contribution in [2.45, 2.75) is 25.4 Å². The lowest BCUT2D eigenvalue weighted by atomic mass is 9.86. The number of aliphatic carboxylic acids is 1. The summed E-state index contributed by atoms with van der Waals surface area (Å²) in [5, 5.41) is 8.61. The fraction of sp³-hybridized carbons (Fsp3) is 0.417. The summed E-state index contributed by atoms with van der Waals surface area (Å²) >= 11 is 0. The highest BCUT2D eigenvalue weighted by atomic mass is 19.1. The lowest BCUT2D eigenvalue weighted by Crippen LogP contribution is -2.18. The van der Waals surface area contributed by atoms with Gasteiger partial charge in [0, 0.05) is 11.0 Å². The van der Waals surface area contributed by atoms with Gasteiger partial charge in [0.1, 0.15) is 5.75 Å². The second-order valence-corrected chi connectivity index (χ2v) is 4.63. The van der Waals surface area contributed by atoms with Crippen LogP contribution in [0, 0.1) is 0 Å². The van der Waals surface area contributed by atoms with Crippen LogP contribution in [0.1, 0.15) is 31.1 Å². The molecule has 1 aromatic carbocycles. The molecule has 16 heavy (non-hydrogen) atoms. The molecule has 3 nitrogen and oxygen atoms in total. The molecule has 1 atom stereocenters. The number of rotatable bonds is 2. The average molecular weight is 224 g/mol. The van der Waals surface area contributed by atoms with E-state index in [2.05, 4.69) is 0 Å². The van der Waals surface area contributed by atoms with Gasteiger partial charge >= 0.3 is 5.97 Å². The van der Waals surface area contributed by atoms with E-state index in [4.69, 9.17) is 9.84 Å². The van der Waals surface area contributed by atoms with Crippen LogP contribution in [0.25, 0.3) is 0 Å². The van der Waals surface area contributed by atoms with Gasteiger partial charge in [-0.3, -0.25) is 0 Å². The number of halogens is 1. The first-order valence-electron chi connectivity index (χ1n) is 5.06. The van der Waals surface area contributed by atoms with E-state index in [1.54, 1.807) is 12.1 Å². The van der Waals surface area contributed by atoms with E-state index in [9.17, 15) is 9.18 Å². The zero-order valence-corrected chi connectivity index (χ0v) is 9.16. The Morgan fingerprint density at radius 1 is 1.56 bits per heavy atom. The van der Waals surface area contributed by atoms with Gasteiger partial charge in [-0.2, -0.15) is 0 Å². The molecule has 0 aromatic heterocycles. The maximum Gasteiger partial charge on any atom is 0.343 e. The van der Waals surface area contributed by atoms with E-state index in [0.29, 0.717) is 12.4 Å². The molecule has 0 bridgehead atoms. The van der Waals surface area contributed by atoms with Crippen LogP contribution in [0.5, 0.6) is 5.75 Å². The van der Waals surface area contributed by atoms with Gasteiger partial charge in [0.25, 0.3) is 0 Å². The smallest absolute Gasteiger partial charge is 0.343 e. The molecule has 1 aliphatic rings. The Bertz CT molecular complexity index is 440. The van der Waals surface area contributed by atoms with Gasteiger partial charge in [0.05, 0.1) is 6.61 Å². The summed E-state index contributed by atoms with van der Waals surface area (Å²) in [6, 6.07) is 4.68.